The van der Waals surface area contributed by atoms with E-state index in [-0.39, 0.29) is 62.1 Å². The fourth-order valence-corrected chi connectivity index (χ4v) is 8.81. The van der Waals surface area contributed by atoms with E-state index in [0.29, 0.717) is 82.2 Å². The van der Waals surface area contributed by atoms with Crippen LogP contribution in [0.5, 0.6) is 0 Å². The fourth-order valence-electron chi connectivity index (χ4n) is 7.51. The van der Waals surface area contributed by atoms with Gasteiger partial charge in [-0.25, -0.2) is 18.6 Å². The highest BCUT2D eigenvalue weighted by molar-refractivity contribution is 6.74. The maximum Gasteiger partial charge on any atom is 0.410 e. The second-order valence-corrected chi connectivity index (χ2v) is 24.0. The third kappa shape index (κ3) is 10.5. The molecular formula is C45H59ClF2N8O6Si. The summed E-state index contributed by atoms with van der Waals surface area (Å²) in [4.78, 5) is 62.0. The molecule has 1 N–H and O–H groups in total. The van der Waals surface area contributed by atoms with Gasteiger partial charge >= 0.3 is 6.09 Å². The van der Waals surface area contributed by atoms with Gasteiger partial charge in [0.1, 0.15) is 5.60 Å². The van der Waals surface area contributed by atoms with Crippen LogP contribution in [0.25, 0.3) is 22.4 Å². The van der Waals surface area contributed by atoms with Gasteiger partial charge in [0.05, 0.1) is 41.8 Å². The van der Waals surface area contributed by atoms with Crippen LogP contribution in [-0.2, 0) is 27.5 Å². The zero-order valence-corrected chi connectivity index (χ0v) is 39.7. The number of piperidine rings is 1. The minimum absolute atomic E-state index is 0.0213. The molecule has 340 valence electrons. The van der Waals surface area contributed by atoms with E-state index in [9.17, 15) is 19.2 Å². The summed E-state index contributed by atoms with van der Waals surface area (Å²) in [6.07, 6.45) is 3.55. The number of piperazine rings is 1. The van der Waals surface area contributed by atoms with Crippen molar-refractivity contribution in [3.63, 3.8) is 0 Å². The van der Waals surface area contributed by atoms with Gasteiger partial charge in [-0.3, -0.25) is 19.1 Å². The number of carbonyl (C=O) groups is 4. The Labute approximate surface area is 374 Å². The molecule has 63 heavy (non-hydrogen) atoms. The zero-order valence-electron chi connectivity index (χ0n) is 37.9. The van der Waals surface area contributed by atoms with Gasteiger partial charge < -0.3 is 33.7 Å². The largest absolute Gasteiger partial charge is 0.444 e. The Hall–Kier alpha value is -5.13. The van der Waals surface area contributed by atoms with Gasteiger partial charge in [0.2, 0.25) is 5.91 Å². The molecule has 0 bridgehead atoms. The van der Waals surface area contributed by atoms with Gasteiger partial charge in [-0.2, -0.15) is 5.10 Å². The van der Waals surface area contributed by atoms with Crippen molar-refractivity contribution in [1.82, 2.24) is 34.0 Å². The Balaban J connectivity index is 1.03. The summed E-state index contributed by atoms with van der Waals surface area (Å²) >= 11 is 6.58. The number of nitrogens with zero attached hydrogens (tertiary/aromatic N) is 7. The lowest BCUT2D eigenvalue weighted by molar-refractivity contribution is -0.138. The van der Waals surface area contributed by atoms with E-state index >= 15 is 8.78 Å². The predicted molar refractivity (Wildman–Crippen MR) is 240 cm³/mol. The first-order chi connectivity index (χ1) is 29.5. The molecule has 0 atom stereocenters. The minimum Gasteiger partial charge on any atom is -0.444 e. The normalized spacial score (nSPS) is 15.5. The quantitative estimate of drug-likeness (QED) is 0.156. The van der Waals surface area contributed by atoms with E-state index in [4.69, 9.17) is 20.8 Å². The number of amides is 4. The summed E-state index contributed by atoms with van der Waals surface area (Å²) in [6, 6.07) is 7.47. The van der Waals surface area contributed by atoms with Crippen LogP contribution in [0.4, 0.5) is 19.3 Å². The van der Waals surface area contributed by atoms with Crippen LogP contribution in [0.3, 0.4) is 0 Å². The summed E-state index contributed by atoms with van der Waals surface area (Å²) in [5, 5.41) is 7.32. The minimum atomic E-state index is -1.96. The van der Waals surface area contributed by atoms with Crippen LogP contribution < -0.4 is 5.32 Å². The molecule has 2 aliphatic rings. The SMILES string of the molecule is Cc1c(-c2ccc(-c3cnc(C(=O)Nc4ccc(C(=O)N5CCN(C(=O)C6CCN(C(=O)OC(C)(C)C)CC6)CC5)c(Cl)c4)n3C)c(F)c2F)cnn1CCO[Si](C)(C)C(C)(C)C. The summed E-state index contributed by atoms with van der Waals surface area (Å²) in [5.74, 6) is -3.32. The Morgan fingerprint density at radius 1 is 0.857 bits per heavy atom. The van der Waals surface area contributed by atoms with Crippen molar-refractivity contribution in [3.05, 3.63) is 76.5 Å². The number of ether oxygens (including phenoxy) is 1. The lowest BCUT2D eigenvalue weighted by Crippen LogP contribution is -2.53. The molecule has 0 aliphatic carbocycles. The highest BCUT2D eigenvalue weighted by atomic mass is 35.5. The third-order valence-electron chi connectivity index (χ3n) is 12.3. The number of imidazole rings is 1. The van der Waals surface area contributed by atoms with Crippen molar-refractivity contribution in [2.45, 2.75) is 91.6 Å². The van der Waals surface area contributed by atoms with Crippen molar-refractivity contribution in [1.29, 1.82) is 0 Å². The molecule has 0 spiro atoms. The smallest absolute Gasteiger partial charge is 0.410 e. The first-order valence-corrected chi connectivity index (χ1v) is 24.6. The lowest BCUT2D eigenvalue weighted by Gasteiger charge is -2.38. The molecule has 4 heterocycles. The highest BCUT2D eigenvalue weighted by Gasteiger charge is 2.37. The Morgan fingerprint density at radius 2 is 1.48 bits per heavy atom. The fraction of sp³-hybridized carbons (Fsp3) is 0.511. The summed E-state index contributed by atoms with van der Waals surface area (Å²) in [5.41, 5.74) is 1.25. The number of carbonyl (C=O) groups excluding carboxylic acids is 4. The molecule has 0 saturated carbocycles. The first-order valence-electron chi connectivity index (χ1n) is 21.3. The van der Waals surface area contributed by atoms with Crippen molar-refractivity contribution in [3.8, 4) is 22.4 Å². The van der Waals surface area contributed by atoms with Crippen LogP contribution in [-0.4, -0.2) is 118 Å². The van der Waals surface area contributed by atoms with Gasteiger partial charge in [0.25, 0.3) is 11.8 Å². The van der Waals surface area contributed by atoms with E-state index in [1.165, 1.54) is 48.3 Å². The van der Waals surface area contributed by atoms with Crippen molar-refractivity contribution < 1.29 is 37.1 Å². The van der Waals surface area contributed by atoms with Crippen molar-refractivity contribution in [2.24, 2.45) is 13.0 Å². The van der Waals surface area contributed by atoms with Gasteiger partial charge in [0, 0.05) is 80.3 Å². The monoisotopic (exact) mass is 908 g/mol. The van der Waals surface area contributed by atoms with E-state index in [1.807, 2.05) is 20.8 Å². The molecule has 2 aliphatic heterocycles. The van der Waals surface area contributed by atoms with E-state index < -0.39 is 31.5 Å². The first kappa shape index (κ1) is 47.3. The number of anilines is 1. The van der Waals surface area contributed by atoms with Gasteiger partial charge in [-0.1, -0.05) is 38.4 Å². The Morgan fingerprint density at radius 3 is 2.10 bits per heavy atom. The maximum absolute atomic E-state index is 15.8. The van der Waals surface area contributed by atoms with Gasteiger partial charge in [0.15, 0.2) is 25.8 Å². The van der Waals surface area contributed by atoms with Gasteiger partial charge in [-0.05, 0) is 82.9 Å². The van der Waals surface area contributed by atoms with E-state index in [2.05, 4.69) is 49.3 Å². The lowest BCUT2D eigenvalue weighted by atomic mass is 9.95. The zero-order chi connectivity index (χ0) is 46.2. The summed E-state index contributed by atoms with van der Waals surface area (Å²) < 4.78 is 46.4. The number of rotatable bonds is 10. The molecule has 2 fully saturated rings. The predicted octanol–water partition coefficient (Wildman–Crippen LogP) is 8.40. The average Bonchev–Trinajstić information content (AvgIpc) is 3.78. The van der Waals surface area contributed by atoms with Crippen LogP contribution in [0.1, 0.15) is 81.1 Å². The number of benzene rings is 2. The molecular weight excluding hydrogens is 850 g/mol. The molecule has 0 radical (unpaired) electrons. The third-order valence-corrected chi connectivity index (χ3v) is 17.2. The topological polar surface area (TPSA) is 144 Å². The van der Waals surface area contributed by atoms with Crippen molar-refractivity contribution in [2.75, 3.05) is 51.2 Å². The van der Waals surface area contributed by atoms with E-state index in [1.54, 1.807) is 32.4 Å². The van der Waals surface area contributed by atoms with Crippen molar-refractivity contribution >= 4 is 49.4 Å². The van der Waals surface area contributed by atoms with Crippen LogP contribution in [0.2, 0.25) is 23.2 Å². The van der Waals surface area contributed by atoms with E-state index in [0.717, 1.165) is 0 Å². The number of likely N-dealkylation sites (tertiary alicyclic amines) is 1. The molecule has 4 amide bonds. The number of halogens is 3. The second-order valence-electron chi connectivity index (χ2n) is 18.8. The van der Waals surface area contributed by atoms with Crippen LogP contribution >= 0.6 is 11.6 Å². The van der Waals surface area contributed by atoms with Gasteiger partial charge in [-0.15, -0.1) is 0 Å². The number of hydrogen-bond acceptors (Lipinski definition) is 8. The molecule has 4 aromatic rings. The highest BCUT2D eigenvalue weighted by Crippen LogP contribution is 2.37. The molecule has 18 heteroatoms. The second kappa shape index (κ2) is 18.5. The molecule has 2 aromatic heterocycles. The Bertz CT molecular complexity index is 2370. The molecule has 14 nitrogen and oxygen atoms in total. The maximum atomic E-state index is 15.8. The summed E-state index contributed by atoms with van der Waals surface area (Å²) in [7, 11) is -0.436. The molecule has 0 unspecified atom stereocenters. The molecule has 6 rings (SSSR count). The number of nitrogens with one attached hydrogen (secondary N) is 1. The molecule has 2 aromatic carbocycles. The van der Waals surface area contributed by atoms with Crippen LogP contribution in [0, 0.1) is 24.5 Å². The molecule has 2 saturated heterocycles. The summed E-state index contributed by atoms with van der Waals surface area (Å²) in [6.45, 7) is 21.3. The number of aromatic nitrogens is 4. The average molecular weight is 910 g/mol. The Kier molecular flexibility index (Phi) is 13.9. The number of hydrogen-bond donors (Lipinski definition) is 1. The standard InChI is InChI=1S/C45H59ClF2N8O6Si/c1-28-34(26-50-56(28)23-24-61-63(9,10)45(5,6)7)31-13-14-33(38(48)37(31)47)36-27-49-39(52(36)8)40(57)51-30-11-12-32(35(46)25-30)42(59)54-21-19-53(20-22-54)41(58)29-15-17-55(18-16-29)43(60)62-44(2,3)4/h11-14,25-27,29H,15-24H2,1-10H3,(H,51,57). The van der Waals surface area contributed by atoms with Crippen LogP contribution in [0.15, 0.2) is 42.7 Å².